The van der Waals surface area contributed by atoms with Crippen molar-refractivity contribution in [3.63, 3.8) is 0 Å². The highest BCUT2D eigenvalue weighted by molar-refractivity contribution is 6.00. The maximum Gasteiger partial charge on any atom is 0.332 e. The predicted molar refractivity (Wildman–Crippen MR) is 47.5 cm³/mol. The molecular weight excluding hydrogens is 188 g/mol. The molecule has 0 amide bonds. The Kier molecular flexibility index (Phi) is 5.71. The molecule has 5 heteroatoms. The van der Waals surface area contributed by atoms with Crippen LogP contribution in [0.15, 0.2) is 0 Å². The number of hydrogen-bond donors (Lipinski definition) is 1. The lowest BCUT2D eigenvalue weighted by Crippen LogP contribution is -2.20. The molecule has 0 aromatic heterocycles. The van der Waals surface area contributed by atoms with Gasteiger partial charge < -0.3 is 9.84 Å². The van der Waals surface area contributed by atoms with E-state index in [-0.39, 0.29) is 18.1 Å². The maximum absolute atomic E-state index is 11.1. The van der Waals surface area contributed by atoms with Crippen LogP contribution in [0.2, 0.25) is 0 Å². The first-order valence-corrected chi connectivity index (χ1v) is 4.28. The summed E-state index contributed by atoms with van der Waals surface area (Å²) >= 11 is 0. The molecule has 0 bridgehead atoms. The van der Waals surface area contributed by atoms with Gasteiger partial charge in [-0.15, -0.1) is 0 Å². The molecular formula is C9H14O5. The predicted octanol–water partition coefficient (Wildman–Crippen LogP) is -0.294. The van der Waals surface area contributed by atoms with E-state index in [1.165, 1.54) is 0 Å². The number of esters is 1. The molecule has 14 heavy (non-hydrogen) atoms. The van der Waals surface area contributed by atoms with E-state index in [0.717, 1.165) is 0 Å². The highest BCUT2D eigenvalue weighted by atomic mass is 16.5. The van der Waals surface area contributed by atoms with Gasteiger partial charge in [-0.05, 0) is 0 Å². The van der Waals surface area contributed by atoms with Crippen molar-refractivity contribution in [3.05, 3.63) is 0 Å². The number of carbonyl (C=O) groups excluding carboxylic acids is 3. The minimum Gasteiger partial charge on any atom is -0.456 e. The summed E-state index contributed by atoms with van der Waals surface area (Å²) in [7, 11) is 0. The molecule has 0 radical (unpaired) electrons. The van der Waals surface area contributed by atoms with E-state index in [1.807, 2.05) is 0 Å². The van der Waals surface area contributed by atoms with Gasteiger partial charge in [0.15, 0.2) is 12.4 Å². The zero-order chi connectivity index (χ0) is 11.1. The van der Waals surface area contributed by atoms with Crippen molar-refractivity contribution in [1.82, 2.24) is 0 Å². The molecule has 0 heterocycles. The zero-order valence-electron chi connectivity index (χ0n) is 8.28. The molecule has 1 N–H and O–H groups in total. The first-order valence-electron chi connectivity index (χ1n) is 4.28. The van der Waals surface area contributed by atoms with E-state index < -0.39 is 25.0 Å². The number of rotatable bonds is 6. The summed E-state index contributed by atoms with van der Waals surface area (Å²) < 4.78 is 4.34. The van der Waals surface area contributed by atoms with Crippen LogP contribution >= 0.6 is 0 Å². The van der Waals surface area contributed by atoms with Crippen molar-refractivity contribution in [3.8, 4) is 0 Å². The van der Waals surface area contributed by atoms with Crippen molar-refractivity contribution in [2.75, 3.05) is 13.2 Å². The Hall–Kier alpha value is -1.23. The lowest BCUT2D eigenvalue weighted by molar-refractivity contribution is -0.151. The third-order valence-electron chi connectivity index (χ3n) is 1.54. The standard InChI is InChI=1S/C9H14O5/c1-6(2)8(12)3-7(11)5-14-9(13)4-10/h6,10H,3-5H2,1-2H3. The Balaban J connectivity index is 3.77. The summed E-state index contributed by atoms with van der Waals surface area (Å²) in [4.78, 5) is 32.5. The number of ketones is 2. The average Bonchev–Trinajstić information content (AvgIpc) is 2.13. The summed E-state index contributed by atoms with van der Waals surface area (Å²) in [5, 5.41) is 8.27. The molecule has 0 unspecified atom stereocenters. The fourth-order valence-electron chi connectivity index (χ4n) is 0.656. The summed E-state index contributed by atoms with van der Waals surface area (Å²) in [6, 6.07) is 0. The van der Waals surface area contributed by atoms with Gasteiger partial charge in [-0.1, -0.05) is 13.8 Å². The minimum absolute atomic E-state index is 0.185. The Labute approximate surface area is 82.1 Å². The van der Waals surface area contributed by atoms with Crippen LogP contribution in [-0.2, 0) is 19.1 Å². The molecule has 0 aliphatic heterocycles. The van der Waals surface area contributed by atoms with Crippen LogP contribution < -0.4 is 0 Å². The van der Waals surface area contributed by atoms with Crippen LogP contribution in [0.1, 0.15) is 20.3 Å². The van der Waals surface area contributed by atoms with E-state index in [2.05, 4.69) is 4.74 Å². The van der Waals surface area contributed by atoms with E-state index in [4.69, 9.17) is 5.11 Å². The van der Waals surface area contributed by atoms with Gasteiger partial charge in [0.05, 0.1) is 6.42 Å². The summed E-state index contributed by atoms with van der Waals surface area (Å²) in [5.41, 5.74) is 0. The summed E-state index contributed by atoms with van der Waals surface area (Å²) in [6.45, 7) is 2.17. The van der Waals surface area contributed by atoms with Gasteiger partial charge >= 0.3 is 5.97 Å². The fourth-order valence-corrected chi connectivity index (χ4v) is 0.656. The van der Waals surface area contributed by atoms with Crippen molar-refractivity contribution in [2.24, 2.45) is 5.92 Å². The second-order valence-corrected chi connectivity index (χ2v) is 3.16. The molecule has 80 valence electrons. The van der Waals surface area contributed by atoms with Crippen LogP contribution in [0.3, 0.4) is 0 Å². The molecule has 5 nitrogen and oxygen atoms in total. The largest absolute Gasteiger partial charge is 0.456 e. The van der Waals surface area contributed by atoms with Gasteiger partial charge in [-0.25, -0.2) is 4.79 Å². The van der Waals surface area contributed by atoms with E-state index in [9.17, 15) is 14.4 Å². The number of ether oxygens (including phenoxy) is 1. The quantitative estimate of drug-likeness (QED) is 0.472. The molecule has 0 aliphatic carbocycles. The number of Topliss-reactive ketones (excluding diaryl/α,β-unsaturated/α-hetero) is 2. The van der Waals surface area contributed by atoms with Crippen molar-refractivity contribution >= 4 is 17.5 Å². The van der Waals surface area contributed by atoms with Gasteiger partial charge in [0.2, 0.25) is 0 Å². The fraction of sp³-hybridized carbons (Fsp3) is 0.667. The second-order valence-electron chi connectivity index (χ2n) is 3.16. The third-order valence-corrected chi connectivity index (χ3v) is 1.54. The normalized spacial score (nSPS) is 10.0. The molecule has 0 fully saturated rings. The van der Waals surface area contributed by atoms with E-state index >= 15 is 0 Å². The molecule has 0 saturated carbocycles. The number of hydrogen-bond acceptors (Lipinski definition) is 5. The minimum atomic E-state index is -0.865. The average molecular weight is 202 g/mol. The topological polar surface area (TPSA) is 80.7 Å². The first kappa shape index (κ1) is 12.8. The SMILES string of the molecule is CC(C)C(=O)CC(=O)COC(=O)CO. The Bertz CT molecular complexity index is 231. The van der Waals surface area contributed by atoms with Gasteiger partial charge in [-0.2, -0.15) is 0 Å². The van der Waals surface area contributed by atoms with Crippen molar-refractivity contribution in [1.29, 1.82) is 0 Å². The molecule has 0 rings (SSSR count). The smallest absolute Gasteiger partial charge is 0.332 e. The molecule has 0 aromatic rings. The third kappa shape index (κ3) is 5.42. The molecule has 0 saturated heterocycles. The Morgan fingerprint density at radius 1 is 1.29 bits per heavy atom. The number of carbonyl (C=O) groups is 3. The number of aliphatic hydroxyl groups excluding tert-OH is 1. The van der Waals surface area contributed by atoms with Crippen molar-refractivity contribution in [2.45, 2.75) is 20.3 Å². The highest BCUT2D eigenvalue weighted by Gasteiger charge is 2.14. The van der Waals surface area contributed by atoms with Gasteiger partial charge in [0, 0.05) is 5.92 Å². The van der Waals surface area contributed by atoms with Crippen LogP contribution in [0, 0.1) is 5.92 Å². The monoisotopic (exact) mass is 202 g/mol. The van der Waals surface area contributed by atoms with Crippen molar-refractivity contribution < 1.29 is 24.2 Å². The van der Waals surface area contributed by atoms with Crippen LogP contribution in [-0.4, -0.2) is 35.9 Å². The van der Waals surface area contributed by atoms with Crippen LogP contribution in [0.4, 0.5) is 0 Å². The maximum atomic E-state index is 11.1. The summed E-state index contributed by atoms with van der Waals surface area (Å²) in [6.07, 6.45) is -0.226. The zero-order valence-corrected chi connectivity index (χ0v) is 8.28. The Morgan fingerprint density at radius 2 is 1.86 bits per heavy atom. The second kappa shape index (κ2) is 6.26. The molecule has 0 aromatic carbocycles. The first-order chi connectivity index (χ1) is 6.47. The number of aliphatic hydroxyl groups is 1. The molecule has 0 aliphatic rings. The Morgan fingerprint density at radius 3 is 2.29 bits per heavy atom. The highest BCUT2D eigenvalue weighted by Crippen LogP contribution is 1.99. The van der Waals surface area contributed by atoms with Gasteiger partial charge in [0.25, 0.3) is 0 Å². The van der Waals surface area contributed by atoms with Crippen LogP contribution in [0.25, 0.3) is 0 Å². The van der Waals surface area contributed by atoms with E-state index in [1.54, 1.807) is 13.8 Å². The van der Waals surface area contributed by atoms with Gasteiger partial charge in [-0.3, -0.25) is 9.59 Å². The lowest BCUT2D eigenvalue weighted by Gasteiger charge is -2.03. The van der Waals surface area contributed by atoms with Gasteiger partial charge in [0.1, 0.15) is 12.4 Å². The van der Waals surface area contributed by atoms with E-state index in [0.29, 0.717) is 0 Å². The summed E-state index contributed by atoms with van der Waals surface area (Å²) in [5.74, 6) is -1.71. The molecule has 0 spiro atoms. The lowest BCUT2D eigenvalue weighted by atomic mass is 10.0. The molecule has 0 atom stereocenters. The van der Waals surface area contributed by atoms with Crippen LogP contribution in [0.5, 0.6) is 0 Å².